The Kier molecular flexibility index (Phi) is 4.71. The van der Waals surface area contributed by atoms with E-state index in [2.05, 4.69) is 0 Å². The summed E-state index contributed by atoms with van der Waals surface area (Å²) < 4.78 is 0. The van der Waals surface area contributed by atoms with Crippen molar-refractivity contribution in [3.63, 3.8) is 0 Å². The standard InChI is InChI=1S/C12H24N2O3/c1-7-14(12(5,6)10(16)17)9(15)8(13)11(2,3)4/h8H,7,13H2,1-6H3,(H,16,17)/t8-/m1/s1. The van der Waals surface area contributed by atoms with Gasteiger partial charge in [-0.15, -0.1) is 0 Å². The number of amides is 1. The second-order valence-corrected chi connectivity index (χ2v) is 5.79. The number of carbonyl (C=O) groups excluding carboxylic acids is 1. The van der Waals surface area contributed by atoms with Gasteiger partial charge in [0.25, 0.3) is 0 Å². The molecule has 1 atom stereocenters. The van der Waals surface area contributed by atoms with Gasteiger partial charge in [-0.1, -0.05) is 20.8 Å². The maximum absolute atomic E-state index is 12.2. The first-order valence-corrected chi connectivity index (χ1v) is 5.76. The van der Waals surface area contributed by atoms with Crippen molar-refractivity contribution in [3.8, 4) is 0 Å². The average Bonchev–Trinajstić information content (AvgIpc) is 2.15. The zero-order chi connectivity index (χ0) is 14.0. The van der Waals surface area contributed by atoms with Crippen molar-refractivity contribution in [2.45, 2.75) is 53.1 Å². The molecule has 0 spiro atoms. The first-order chi connectivity index (χ1) is 7.46. The minimum atomic E-state index is -1.24. The van der Waals surface area contributed by atoms with Gasteiger partial charge < -0.3 is 15.7 Å². The van der Waals surface area contributed by atoms with Gasteiger partial charge in [-0.05, 0) is 26.2 Å². The highest BCUT2D eigenvalue weighted by atomic mass is 16.4. The van der Waals surface area contributed by atoms with Crippen LogP contribution >= 0.6 is 0 Å². The summed E-state index contributed by atoms with van der Waals surface area (Å²) in [6, 6.07) is -0.707. The molecule has 0 aliphatic carbocycles. The molecule has 0 bridgehead atoms. The first-order valence-electron chi connectivity index (χ1n) is 5.76. The zero-order valence-corrected chi connectivity index (χ0v) is 11.6. The van der Waals surface area contributed by atoms with Crippen LogP contribution in [0.25, 0.3) is 0 Å². The Hall–Kier alpha value is -1.10. The van der Waals surface area contributed by atoms with Crippen molar-refractivity contribution >= 4 is 11.9 Å². The smallest absolute Gasteiger partial charge is 0.329 e. The van der Waals surface area contributed by atoms with Crippen LogP contribution < -0.4 is 5.73 Å². The molecule has 5 nitrogen and oxygen atoms in total. The van der Waals surface area contributed by atoms with Crippen molar-refractivity contribution in [1.29, 1.82) is 0 Å². The molecular formula is C12H24N2O3. The fourth-order valence-corrected chi connectivity index (χ4v) is 1.48. The Bertz CT molecular complexity index is 305. The van der Waals surface area contributed by atoms with Crippen LogP contribution in [0.3, 0.4) is 0 Å². The highest BCUT2D eigenvalue weighted by Crippen LogP contribution is 2.23. The monoisotopic (exact) mass is 244 g/mol. The average molecular weight is 244 g/mol. The normalized spacial score (nSPS) is 14.3. The Morgan fingerprint density at radius 1 is 1.24 bits per heavy atom. The lowest BCUT2D eigenvalue weighted by molar-refractivity contribution is -0.158. The number of likely N-dealkylation sites (N-methyl/N-ethyl adjacent to an activating group) is 1. The number of nitrogens with zero attached hydrogens (tertiary/aromatic N) is 1. The Morgan fingerprint density at radius 2 is 1.65 bits per heavy atom. The van der Waals surface area contributed by atoms with Crippen LogP contribution in [0.15, 0.2) is 0 Å². The molecule has 0 aliphatic heterocycles. The molecular weight excluding hydrogens is 220 g/mol. The molecule has 0 aliphatic rings. The first kappa shape index (κ1) is 15.9. The third kappa shape index (κ3) is 3.43. The largest absolute Gasteiger partial charge is 0.480 e. The molecule has 0 rings (SSSR count). The molecule has 0 saturated carbocycles. The number of nitrogens with two attached hydrogens (primary N) is 1. The van der Waals surface area contributed by atoms with E-state index in [1.807, 2.05) is 20.8 Å². The molecule has 0 aromatic carbocycles. The van der Waals surface area contributed by atoms with Crippen LogP contribution in [0, 0.1) is 5.41 Å². The quantitative estimate of drug-likeness (QED) is 0.775. The number of carboxylic acids is 1. The third-order valence-corrected chi connectivity index (χ3v) is 2.98. The molecule has 0 aromatic heterocycles. The van der Waals surface area contributed by atoms with E-state index in [0.29, 0.717) is 6.54 Å². The summed E-state index contributed by atoms with van der Waals surface area (Å²) in [5.41, 5.74) is 4.25. The molecule has 100 valence electrons. The van der Waals surface area contributed by atoms with E-state index >= 15 is 0 Å². The summed E-state index contributed by atoms with van der Waals surface area (Å²) in [5, 5.41) is 9.14. The molecule has 3 N–H and O–H groups in total. The maximum Gasteiger partial charge on any atom is 0.329 e. The molecule has 0 radical (unpaired) electrons. The van der Waals surface area contributed by atoms with Crippen LogP contribution in [0.1, 0.15) is 41.5 Å². The number of aliphatic carboxylic acids is 1. The second-order valence-electron chi connectivity index (χ2n) is 5.79. The Labute approximate surface area is 103 Å². The van der Waals surface area contributed by atoms with Gasteiger partial charge >= 0.3 is 5.97 Å². The summed E-state index contributed by atoms with van der Waals surface area (Å²) in [6.07, 6.45) is 0. The molecule has 5 heteroatoms. The summed E-state index contributed by atoms with van der Waals surface area (Å²) >= 11 is 0. The van der Waals surface area contributed by atoms with Gasteiger partial charge in [-0.2, -0.15) is 0 Å². The topological polar surface area (TPSA) is 83.6 Å². The van der Waals surface area contributed by atoms with Crippen molar-refractivity contribution in [3.05, 3.63) is 0 Å². The zero-order valence-electron chi connectivity index (χ0n) is 11.6. The van der Waals surface area contributed by atoms with Gasteiger partial charge in [-0.25, -0.2) is 4.79 Å². The Balaban J connectivity index is 5.17. The maximum atomic E-state index is 12.2. The van der Waals surface area contributed by atoms with Crippen molar-refractivity contribution in [1.82, 2.24) is 4.90 Å². The second kappa shape index (κ2) is 5.04. The van der Waals surface area contributed by atoms with E-state index < -0.39 is 17.6 Å². The van der Waals surface area contributed by atoms with Crippen molar-refractivity contribution in [2.24, 2.45) is 11.1 Å². The van der Waals surface area contributed by atoms with Gasteiger partial charge in [0.1, 0.15) is 5.54 Å². The number of rotatable bonds is 4. The van der Waals surface area contributed by atoms with E-state index in [0.717, 1.165) is 0 Å². The fourth-order valence-electron chi connectivity index (χ4n) is 1.48. The van der Waals surface area contributed by atoms with Crippen LogP contribution in [0.5, 0.6) is 0 Å². The van der Waals surface area contributed by atoms with Crippen molar-refractivity contribution in [2.75, 3.05) is 6.54 Å². The Morgan fingerprint density at radius 3 is 1.88 bits per heavy atom. The lowest BCUT2D eigenvalue weighted by atomic mass is 9.85. The molecule has 0 saturated heterocycles. The van der Waals surface area contributed by atoms with Gasteiger partial charge in [0, 0.05) is 6.54 Å². The predicted octanol–water partition coefficient (Wildman–Crippen LogP) is 1.07. The minimum Gasteiger partial charge on any atom is -0.480 e. The summed E-state index contributed by atoms with van der Waals surface area (Å²) in [7, 11) is 0. The SMILES string of the molecule is CCN(C(=O)[C@@H](N)C(C)(C)C)C(C)(C)C(=O)O. The highest BCUT2D eigenvalue weighted by molar-refractivity contribution is 5.89. The molecule has 0 unspecified atom stereocenters. The van der Waals surface area contributed by atoms with Crippen LogP contribution in [-0.4, -0.2) is 40.0 Å². The van der Waals surface area contributed by atoms with Gasteiger partial charge in [0.2, 0.25) is 5.91 Å². The van der Waals surface area contributed by atoms with Gasteiger partial charge in [0.05, 0.1) is 6.04 Å². The van der Waals surface area contributed by atoms with Gasteiger partial charge in [0.15, 0.2) is 0 Å². The van der Waals surface area contributed by atoms with E-state index in [4.69, 9.17) is 10.8 Å². The fraction of sp³-hybridized carbons (Fsp3) is 0.833. The lowest BCUT2D eigenvalue weighted by Crippen LogP contribution is -2.59. The summed E-state index contributed by atoms with van der Waals surface area (Å²) in [5.74, 6) is -1.36. The minimum absolute atomic E-state index is 0.321. The molecule has 0 heterocycles. The number of hydrogen-bond donors (Lipinski definition) is 2. The molecule has 0 aromatic rings. The highest BCUT2D eigenvalue weighted by Gasteiger charge is 2.41. The van der Waals surface area contributed by atoms with Gasteiger partial charge in [-0.3, -0.25) is 4.79 Å². The lowest BCUT2D eigenvalue weighted by Gasteiger charge is -2.38. The summed E-state index contributed by atoms with van der Waals surface area (Å²) in [6.45, 7) is 10.7. The third-order valence-electron chi connectivity index (χ3n) is 2.98. The number of carboxylic acid groups (broad SMARTS) is 1. The number of carbonyl (C=O) groups is 2. The van der Waals surface area contributed by atoms with E-state index in [-0.39, 0.29) is 11.3 Å². The molecule has 17 heavy (non-hydrogen) atoms. The molecule has 1 amide bonds. The van der Waals surface area contributed by atoms with E-state index in [1.165, 1.54) is 18.7 Å². The molecule has 0 fully saturated rings. The van der Waals surface area contributed by atoms with Crippen molar-refractivity contribution < 1.29 is 14.7 Å². The predicted molar refractivity (Wildman–Crippen MR) is 66.5 cm³/mol. The number of hydrogen-bond acceptors (Lipinski definition) is 3. The van der Waals surface area contributed by atoms with Crippen LogP contribution in [-0.2, 0) is 9.59 Å². The van der Waals surface area contributed by atoms with E-state index in [1.54, 1.807) is 6.92 Å². The van der Waals surface area contributed by atoms with E-state index in [9.17, 15) is 9.59 Å². The summed E-state index contributed by atoms with van der Waals surface area (Å²) in [4.78, 5) is 24.7. The van der Waals surface area contributed by atoms with Crippen LogP contribution in [0.2, 0.25) is 0 Å². The van der Waals surface area contributed by atoms with Crippen LogP contribution in [0.4, 0.5) is 0 Å².